The first-order valence-electron chi connectivity index (χ1n) is 11.0. The molecule has 0 bridgehead atoms. The molecule has 180 valence electrons. The lowest BCUT2D eigenvalue weighted by Crippen LogP contribution is -2.15. The van der Waals surface area contributed by atoms with E-state index in [4.69, 9.17) is 5.73 Å². The van der Waals surface area contributed by atoms with Crippen LogP contribution in [-0.2, 0) is 30.7 Å². The summed E-state index contributed by atoms with van der Waals surface area (Å²) in [5.74, 6) is -1.04. The molecule has 1 aliphatic rings. The summed E-state index contributed by atoms with van der Waals surface area (Å²) in [6.45, 7) is 5.82. The summed E-state index contributed by atoms with van der Waals surface area (Å²) in [6.07, 6.45) is 3.95. The fourth-order valence-corrected chi connectivity index (χ4v) is 5.18. The van der Waals surface area contributed by atoms with Crippen LogP contribution in [0, 0.1) is 18.6 Å². The van der Waals surface area contributed by atoms with Crippen LogP contribution in [0.2, 0.25) is 0 Å². The Balaban J connectivity index is 0.000000209. The van der Waals surface area contributed by atoms with E-state index in [9.17, 15) is 17.8 Å². The van der Waals surface area contributed by atoms with Gasteiger partial charge in [-0.15, -0.1) is 0 Å². The molecule has 0 fully saturated rings. The zero-order valence-corrected chi connectivity index (χ0v) is 20.4. The maximum Gasteiger partial charge on any atom is 0.265 e. The fourth-order valence-electron chi connectivity index (χ4n) is 3.88. The smallest absolute Gasteiger partial charge is 0.265 e. The van der Waals surface area contributed by atoms with Crippen LogP contribution in [0.5, 0.6) is 0 Å². The minimum atomic E-state index is -1.37. The number of aromatic nitrogens is 3. The summed E-state index contributed by atoms with van der Waals surface area (Å²) in [6, 6.07) is 9.45. The molecule has 2 aromatic carbocycles. The number of nitrogens with zero attached hydrogens (tertiary/aromatic N) is 2. The number of halogens is 2. The molecule has 1 amide bonds. The van der Waals surface area contributed by atoms with Gasteiger partial charge in [0.15, 0.2) is 0 Å². The molecule has 2 heterocycles. The number of nitrogens with two attached hydrogens (primary N) is 1. The van der Waals surface area contributed by atoms with Gasteiger partial charge in [0, 0.05) is 23.0 Å². The van der Waals surface area contributed by atoms with Crippen LogP contribution in [0.4, 0.5) is 8.78 Å². The highest BCUT2D eigenvalue weighted by atomic mass is 32.2. The third-order valence-corrected chi connectivity index (χ3v) is 7.23. The fraction of sp³-hybridized carbons (Fsp3) is 0.280. The molecule has 0 saturated heterocycles. The zero-order chi connectivity index (χ0) is 25.0. The summed E-state index contributed by atoms with van der Waals surface area (Å²) in [5, 5.41) is 7.69. The van der Waals surface area contributed by atoms with Crippen LogP contribution in [0.3, 0.4) is 0 Å². The molecule has 0 aliphatic heterocycles. The van der Waals surface area contributed by atoms with E-state index >= 15 is 0 Å². The molecule has 0 spiro atoms. The summed E-state index contributed by atoms with van der Waals surface area (Å²) in [5.41, 5.74) is 8.49. The Labute approximate surface area is 199 Å². The van der Waals surface area contributed by atoms with Crippen molar-refractivity contribution >= 4 is 27.6 Å². The van der Waals surface area contributed by atoms with Crippen LogP contribution in [0.25, 0.3) is 10.9 Å². The molecule has 5 rings (SSSR count). The number of primary amides is 1. The molecule has 0 radical (unpaired) electrons. The number of hydrogen-bond donors (Lipinski definition) is 2. The molecule has 3 N–H and O–H groups in total. The van der Waals surface area contributed by atoms with Gasteiger partial charge in [0.2, 0.25) is 0 Å². The van der Waals surface area contributed by atoms with Gasteiger partial charge in [-0.25, -0.2) is 13.0 Å². The molecular formula is C25H28F2N4O2S. The SMILES string of the molecule is CC.Cc1c(S(=O)c2ccc3[nH]ncc3c2)cc(C(N)=O)n1C.Fc1ccc(F)c2c1CCC2. The second-order valence-corrected chi connectivity index (χ2v) is 9.08. The average Bonchev–Trinajstić information content (AvgIpc) is 3.57. The number of rotatable bonds is 3. The minimum Gasteiger partial charge on any atom is -0.364 e. The van der Waals surface area contributed by atoms with E-state index < -0.39 is 16.7 Å². The van der Waals surface area contributed by atoms with Crippen molar-refractivity contribution in [1.82, 2.24) is 14.8 Å². The summed E-state index contributed by atoms with van der Waals surface area (Å²) in [4.78, 5) is 12.6. The van der Waals surface area contributed by atoms with Gasteiger partial charge in [-0.3, -0.25) is 9.89 Å². The van der Waals surface area contributed by atoms with Crippen LogP contribution in [0.15, 0.2) is 52.4 Å². The quantitative estimate of drug-likeness (QED) is 0.429. The zero-order valence-electron chi connectivity index (χ0n) is 19.6. The molecule has 0 saturated carbocycles. The van der Waals surface area contributed by atoms with Gasteiger partial charge in [-0.2, -0.15) is 5.10 Å². The molecule has 2 aromatic heterocycles. The molecule has 1 unspecified atom stereocenters. The van der Waals surface area contributed by atoms with Gasteiger partial charge in [-0.05, 0) is 73.7 Å². The summed E-state index contributed by atoms with van der Waals surface area (Å²) < 4.78 is 40.2. The summed E-state index contributed by atoms with van der Waals surface area (Å²) >= 11 is 0. The van der Waals surface area contributed by atoms with Gasteiger partial charge in [0.25, 0.3) is 5.91 Å². The van der Waals surface area contributed by atoms with Crippen LogP contribution in [-0.4, -0.2) is 24.9 Å². The molecule has 9 heteroatoms. The Morgan fingerprint density at radius 1 is 1.09 bits per heavy atom. The molecule has 34 heavy (non-hydrogen) atoms. The van der Waals surface area contributed by atoms with Gasteiger partial charge in [0.05, 0.1) is 27.4 Å². The predicted octanol–water partition coefficient (Wildman–Crippen LogP) is 4.96. The number of fused-ring (bicyclic) bond motifs is 2. The van der Waals surface area contributed by atoms with Crippen molar-refractivity contribution in [3.63, 3.8) is 0 Å². The summed E-state index contributed by atoms with van der Waals surface area (Å²) in [7, 11) is 0.357. The number of carbonyl (C=O) groups excluding carboxylic acids is 1. The molecule has 6 nitrogen and oxygen atoms in total. The standard InChI is InChI=1S/C14H14N4O2S.C9H8F2.C2H6/c1-8-13(6-12(14(15)19)18(8)2)21(20)10-3-4-11-9(5-10)7-16-17-11;10-8-4-5-9(11)7-3-1-2-6(7)8;1-2/h3-7H,1-2H3,(H2,15,19)(H,16,17);4-5H,1-3H2;1-2H3. The van der Waals surface area contributed by atoms with E-state index in [0.717, 1.165) is 23.0 Å². The predicted molar refractivity (Wildman–Crippen MR) is 129 cm³/mol. The topological polar surface area (TPSA) is 93.8 Å². The van der Waals surface area contributed by atoms with E-state index in [-0.39, 0.29) is 11.6 Å². The third-order valence-electron chi connectivity index (χ3n) is 5.74. The number of amides is 1. The molecule has 1 aliphatic carbocycles. The van der Waals surface area contributed by atoms with E-state index in [0.29, 0.717) is 39.5 Å². The van der Waals surface area contributed by atoms with E-state index in [1.54, 1.807) is 29.9 Å². The van der Waals surface area contributed by atoms with Gasteiger partial charge >= 0.3 is 0 Å². The van der Waals surface area contributed by atoms with Crippen LogP contribution in [0.1, 0.15) is 47.6 Å². The molecular weight excluding hydrogens is 458 g/mol. The van der Waals surface area contributed by atoms with Crippen molar-refractivity contribution in [2.45, 2.75) is 49.8 Å². The Kier molecular flexibility index (Phi) is 7.98. The van der Waals surface area contributed by atoms with Crippen molar-refractivity contribution in [2.24, 2.45) is 12.8 Å². The number of H-pyrrole nitrogens is 1. The lowest BCUT2D eigenvalue weighted by molar-refractivity contribution is 0.0992. The highest BCUT2D eigenvalue weighted by Crippen LogP contribution is 2.27. The maximum absolute atomic E-state index is 12.9. The van der Waals surface area contributed by atoms with Crippen molar-refractivity contribution in [1.29, 1.82) is 0 Å². The second kappa shape index (κ2) is 10.7. The third kappa shape index (κ3) is 4.94. The number of benzene rings is 2. The monoisotopic (exact) mass is 486 g/mol. The number of carbonyl (C=O) groups is 1. The van der Waals surface area contributed by atoms with Crippen LogP contribution < -0.4 is 5.73 Å². The highest BCUT2D eigenvalue weighted by molar-refractivity contribution is 7.85. The van der Waals surface area contributed by atoms with Crippen LogP contribution >= 0.6 is 0 Å². The van der Waals surface area contributed by atoms with Crippen molar-refractivity contribution < 1.29 is 17.8 Å². The van der Waals surface area contributed by atoms with Gasteiger partial charge in [-0.1, -0.05) is 13.8 Å². The number of hydrogen-bond acceptors (Lipinski definition) is 3. The Bertz CT molecular complexity index is 1330. The lowest BCUT2D eigenvalue weighted by Gasteiger charge is -2.03. The van der Waals surface area contributed by atoms with Crippen molar-refractivity contribution in [2.75, 3.05) is 0 Å². The largest absolute Gasteiger partial charge is 0.364 e. The van der Waals surface area contributed by atoms with Gasteiger partial charge < -0.3 is 10.3 Å². The van der Waals surface area contributed by atoms with E-state index in [2.05, 4.69) is 10.2 Å². The number of nitrogens with one attached hydrogen (secondary N) is 1. The Morgan fingerprint density at radius 3 is 2.26 bits per heavy atom. The maximum atomic E-state index is 12.9. The Morgan fingerprint density at radius 2 is 1.71 bits per heavy atom. The minimum absolute atomic E-state index is 0.251. The Hall–Kier alpha value is -3.33. The first-order valence-corrected chi connectivity index (χ1v) is 12.2. The first kappa shape index (κ1) is 25.3. The first-order chi connectivity index (χ1) is 16.3. The van der Waals surface area contributed by atoms with E-state index in [1.165, 1.54) is 12.1 Å². The van der Waals surface area contributed by atoms with E-state index in [1.807, 2.05) is 32.9 Å². The highest BCUT2D eigenvalue weighted by Gasteiger charge is 2.19. The average molecular weight is 487 g/mol. The molecule has 4 aromatic rings. The second-order valence-electron chi connectivity index (χ2n) is 7.63. The van der Waals surface area contributed by atoms with Gasteiger partial charge in [0.1, 0.15) is 17.3 Å². The number of aromatic amines is 1. The van der Waals surface area contributed by atoms with Crippen molar-refractivity contribution in [3.8, 4) is 0 Å². The normalized spacial score (nSPS) is 12.9. The molecule has 1 atom stereocenters. The van der Waals surface area contributed by atoms with Crippen molar-refractivity contribution in [3.05, 3.63) is 76.7 Å². The lowest BCUT2D eigenvalue weighted by atomic mass is 10.1.